The monoisotopic (exact) mass is 292 g/mol. The summed E-state index contributed by atoms with van der Waals surface area (Å²) in [7, 11) is 0. The quantitative estimate of drug-likeness (QED) is 0.919. The summed E-state index contributed by atoms with van der Waals surface area (Å²) in [6, 6.07) is 7.25. The van der Waals surface area contributed by atoms with Gasteiger partial charge in [0.2, 0.25) is 5.91 Å². The Bertz CT molecular complexity index is 570. The lowest BCUT2D eigenvalue weighted by atomic mass is 10.1. The Morgan fingerprint density at radius 1 is 1.40 bits per heavy atom. The average Bonchev–Trinajstić information content (AvgIpc) is 2.94. The minimum atomic E-state index is -0.383. The van der Waals surface area contributed by atoms with Crippen LogP contribution in [-0.4, -0.2) is 26.7 Å². The molecule has 1 N–H and O–H groups in total. The van der Waals surface area contributed by atoms with E-state index < -0.39 is 0 Å². The van der Waals surface area contributed by atoms with Gasteiger partial charge in [-0.1, -0.05) is 29.8 Å². The Kier molecular flexibility index (Phi) is 4.74. The zero-order valence-electron chi connectivity index (χ0n) is 11.5. The maximum Gasteiger partial charge on any atom is 0.244 e. The van der Waals surface area contributed by atoms with Gasteiger partial charge in [0.1, 0.15) is 18.7 Å². The van der Waals surface area contributed by atoms with E-state index in [-0.39, 0.29) is 18.0 Å². The average molecular weight is 293 g/mol. The van der Waals surface area contributed by atoms with Gasteiger partial charge in [0.05, 0.1) is 0 Å². The van der Waals surface area contributed by atoms with Crippen molar-refractivity contribution in [3.05, 3.63) is 47.5 Å². The lowest BCUT2D eigenvalue weighted by Crippen LogP contribution is -2.38. The molecule has 0 saturated heterocycles. The van der Waals surface area contributed by atoms with E-state index in [0.29, 0.717) is 6.42 Å². The molecule has 0 fully saturated rings. The number of nitrogens with zero attached hydrogens (tertiary/aromatic N) is 3. The highest BCUT2D eigenvalue weighted by Gasteiger charge is 2.17. The molecular formula is C14H17ClN4O. The Hall–Kier alpha value is -1.88. The van der Waals surface area contributed by atoms with Crippen LogP contribution in [0.5, 0.6) is 0 Å². The molecule has 1 heterocycles. The van der Waals surface area contributed by atoms with E-state index in [0.717, 1.165) is 10.6 Å². The van der Waals surface area contributed by atoms with Crippen LogP contribution in [-0.2, 0) is 11.2 Å². The summed E-state index contributed by atoms with van der Waals surface area (Å²) < 4.78 is 1.53. The van der Waals surface area contributed by atoms with Gasteiger partial charge in [-0.2, -0.15) is 5.10 Å². The smallest absolute Gasteiger partial charge is 0.244 e. The van der Waals surface area contributed by atoms with Gasteiger partial charge in [-0.05, 0) is 31.9 Å². The number of halogens is 1. The number of aromatic nitrogens is 3. The number of rotatable bonds is 5. The predicted octanol–water partition coefficient (Wildman–Crippen LogP) is 2.24. The molecule has 0 saturated carbocycles. The number of amides is 1. The highest BCUT2D eigenvalue weighted by atomic mass is 35.5. The van der Waals surface area contributed by atoms with E-state index in [4.69, 9.17) is 11.6 Å². The standard InChI is InChI=1S/C14H17ClN4O/c1-10(7-12-5-3-4-6-13(12)15)18-14(20)11(2)19-9-16-8-17-19/h3-6,8-11H,7H2,1-2H3,(H,18,20)/t10-,11+/m1/s1. The number of hydrogen-bond acceptors (Lipinski definition) is 3. The molecule has 0 unspecified atom stereocenters. The van der Waals surface area contributed by atoms with Crippen LogP contribution in [0.2, 0.25) is 5.02 Å². The minimum absolute atomic E-state index is 0.00614. The van der Waals surface area contributed by atoms with Gasteiger partial charge in [-0.15, -0.1) is 0 Å². The third-order valence-corrected chi connectivity index (χ3v) is 3.45. The normalized spacial score (nSPS) is 13.8. The lowest BCUT2D eigenvalue weighted by molar-refractivity contribution is -0.124. The Morgan fingerprint density at radius 3 is 2.80 bits per heavy atom. The largest absolute Gasteiger partial charge is 0.351 e. The first-order valence-electron chi connectivity index (χ1n) is 6.46. The Labute approximate surface area is 123 Å². The molecule has 0 radical (unpaired) electrons. The van der Waals surface area contributed by atoms with Gasteiger partial charge in [-0.3, -0.25) is 4.79 Å². The third-order valence-electron chi connectivity index (χ3n) is 3.09. The van der Waals surface area contributed by atoms with Crippen LogP contribution in [0.1, 0.15) is 25.5 Å². The van der Waals surface area contributed by atoms with E-state index >= 15 is 0 Å². The SMILES string of the molecule is C[C@H](Cc1ccccc1Cl)NC(=O)[C@H](C)n1cncn1. The van der Waals surface area contributed by atoms with Crippen molar-refractivity contribution in [2.24, 2.45) is 0 Å². The second-order valence-electron chi connectivity index (χ2n) is 4.76. The molecule has 6 heteroatoms. The van der Waals surface area contributed by atoms with Crippen molar-refractivity contribution in [1.82, 2.24) is 20.1 Å². The molecule has 0 aliphatic rings. The molecule has 1 aromatic carbocycles. The molecular weight excluding hydrogens is 276 g/mol. The molecule has 2 atom stereocenters. The van der Waals surface area contributed by atoms with Crippen molar-refractivity contribution < 1.29 is 4.79 Å². The van der Waals surface area contributed by atoms with Crippen molar-refractivity contribution in [3.8, 4) is 0 Å². The number of carbonyl (C=O) groups excluding carboxylic acids is 1. The molecule has 0 spiro atoms. The Balaban J connectivity index is 1.93. The third kappa shape index (κ3) is 3.57. The predicted molar refractivity (Wildman–Crippen MR) is 77.5 cm³/mol. The molecule has 0 aliphatic heterocycles. The number of carbonyl (C=O) groups is 1. The van der Waals surface area contributed by atoms with E-state index in [9.17, 15) is 4.79 Å². The molecule has 20 heavy (non-hydrogen) atoms. The number of nitrogens with one attached hydrogen (secondary N) is 1. The van der Waals surface area contributed by atoms with E-state index in [1.165, 1.54) is 17.3 Å². The second kappa shape index (κ2) is 6.52. The van der Waals surface area contributed by atoms with E-state index in [1.807, 2.05) is 31.2 Å². The maximum atomic E-state index is 12.1. The summed E-state index contributed by atoms with van der Waals surface area (Å²) >= 11 is 6.11. The van der Waals surface area contributed by atoms with Crippen LogP contribution in [0.4, 0.5) is 0 Å². The molecule has 5 nitrogen and oxygen atoms in total. The van der Waals surface area contributed by atoms with Gasteiger partial charge < -0.3 is 5.32 Å². The first-order chi connectivity index (χ1) is 9.58. The molecule has 106 valence electrons. The maximum absolute atomic E-state index is 12.1. The van der Waals surface area contributed by atoms with Crippen LogP contribution in [0.3, 0.4) is 0 Å². The lowest BCUT2D eigenvalue weighted by Gasteiger charge is -2.18. The fourth-order valence-corrected chi connectivity index (χ4v) is 2.16. The summed E-state index contributed by atoms with van der Waals surface area (Å²) in [6.45, 7) is 3.74. The summed E-state index contributed by atoms with van der Waals surface area (Å²) in [5.41, 5.74) is 1.02. The van der Waals surface area contributed by atoms with Gasteiger partial charge in [0.15, 0.2) is 0 Å². The number of benzene rings is 1. The fraction of sp³-hybridized carbons (Fsp3) is 0.357. The molecule has 1 amide bonds. The van der Waals surface area contributed by atoms with Crippen LogP contribution < -0.4 is 5.32 Å². The number of hydrogen-bond donors (Lipinski definition) is 1. The van der Waals surface area contributed by atoms with Gasteiger partial charge >= 0.3 is 0 Å². The molecule has 2 rings (SSSR count). The van der Waals surface area contributed by atoms with Crippen LogP contribution in [0.15, 0.2) is 36.9 Å². The zero-order valence-corrected chi connectivity index (χ0v) is 12.2. The van der Waals surface area contributed by atoms with Gasteiger partial charge in [0, 0.05) is 11.1 Å². The Morgan fingerprint density at radius 2 is 2.15 bits per heavy atom. The molecule has 1 aromatic heterocycles. The van der Waals surface area contributed by atoms with Crippen LogP contribution >= 0.6 is 11.6 Å². The zero-order chi connectivity index (χ0) is 14.5. The van der Waals surface area contributed by atoms with E-state index in [2.05, 4.69) is 15.4 Å². The van der Waals surface area contributed by atoms with Gasteiger partial charge in [-0.25, -0.2) is 9.67 Å². The van der Waals surface area contributed by atoms with Gasteiger partial charge in [0.25, 0.3) is 0 Å². The summed E-state index contributed by atoms with van der Waals surface area (Å²) in [6.07, 6.45) is 3.63. The highest BCUT2D eigenvalue weighted by Crippen LogP contribution is 2.16. The van der Waals surface area contributed by atoms with Crippen molar-refractivity contribution in [1.29, 1.82) is 0 Å². The van der Waals surface area contributed by atoms with Crippen molar-refractivity contribution in [2.75, 3.05) is 0 Å². The topological polar surface area (TPSA) is 59.8 Å². The van der Waals surface area contributed by atoms with Crippen molar-refractivity contribution >= 4 is 17.5 Å². The molecule has 2 aromatic rings. The fourth-order valence-electron chi connectivity index (χ4n) is 1.95. The second-order valence-corrected chi connectivity index (χ2v) is 5.16. The molecule has 0 aliphatic carbocycles. The first kappa shape index (κ1) is 14.5. The minimum Gasteiger partial charge on any atom is -0.351 e. The summed E-state index contributed by atoms with van der Waals surface area (Å²) in [5.74, 6) is -0.0879. The highest BCUT2D eigenvalue weighted by molar-refractivity contribution is 6.31. The van der Waals surface area contributed by atoms with Crippen LogP contribution in [0.25, 0.3) is 0 Å². The summed E-state index contributed by atoms with van der Waals surface area (Å²) in [4.78, 5) is 15.9. The van der Waals surface area contributed by atoms with Crippen molar-refractivity contribution in [2.45, 2.75) is 32.4 Å². The molecule has 0 bridgehead atoms. The van der Waals surface area contributed by atoms with Crippen LogP contribution in [0, 0.1) is 0 Å². The first-order valence-corrected chi connectivity index (χ1v) is 6.83. The van der Waals surface area contributed by atoms with E-state index in [1.54, 1.807) is 6.92 Å². The summed E-state index contributed by atoms with van der Waals surface area (Å²) in [5, 5.41) is 7.64. The van der Waals surface area contributed by atoms with Crippen molar-refractivity contribution in [3.63, 3.8) is 0 Å².